The van der Waals surface area contributed by atoms with Gasteiger partial charge in [0.05, 0.1) is 12.7 Å². The van der Waals surface area contributed by atoms with E-state index in [1.165, 1.54) is 30.3 Å². The summed E-state index contributed by atoms with van der Waals surface area (Å²) in [5, 5.41) is 10.6. The summed E-state index contributed by atoms with van der Waals surface area (Å²) in [5.41, 5.74) is -4.29. The van der Waals surface area contributed by atoms with Crippen molar-refractivity contribution in [1.82, 2.24) is 0 Å². The third-order valence-corrected chi connectivity index (χ3v) is 3.71. The van der Waals surface area contributed by atoms with Crippen LogP contribution in [0.3, 0.4) is 0 Å². The van der Waals surface area contributed by atoms with Crippen molar-refractivity contribution < 1.29 is 32.5 Å². The second-order valence-electron chi connectivity index (χ2n) is 5.32. The summed E-state index contributed by atoms with van der Waals surface area (Å²) in [6.45, 7) is 0.934. The van der Waals surface area contributed by atoms with E-state index in [1.54, 1.807) is 0 Å². The van der Waals surface area contributed by atoms with Crippen LogP contribution in [0.1, 0.15) is 18.1 Å². The standard InChI is InChI=1S/C17H14ClF3O4/c1-16(23,15(22)24-2)13-8-7-12(9-14(13)17(19,20)21)25-11-5-3-10(18)4-6-11/h3-9,23H,1-2H3. The number of aliphatic hydroxyl groups is 1. The van der Waals surface area contributed by atoms with Crippen LogP contribution in [0.25, 0.3) is 0 Å². The van der Waals surface area contributed by atoms with E-state index in [4.69, 9.17) is 16.3 Å². The van der Waals surface area contributed by atoms with Crippen molar-refractivity contribution in [2.75, 3.05) is 7.11 Å². The zero-order valence-corrected chi connectivity index (χ0v) is 14.0. The molecule has 0 aliphatic heterocycles. The summed E-state index contributed by atoms with van der Waals surface area (Å²) < 4.78 is 49.9. The highest BCUT2D eigenvalue weighted by molar-refractivity contribution is 6.30. The lowest BCUT2D eigenvalue weighted by Crippen LogP contribution is -2.35. The van der Waals surface area contributed by atoms with Crippen molar-refractivity contribution in [3.8, 4) is 11.5 Å². The van der Waals surface area contributed by atoms with E-state index >= 15 is 0 Å². The van der Waals surface area contributed by atoms with Gasteiger partial charge < -0.3 is 14.6 Å². The summed E-state index contributed by atoms with van der Waals surface area (Å²) in [5.74, 6) is -1.03. The van der Waals surface area contributed by atoms with Gasteiger partial charge in [0.1, 0.15) is 11.5 Å². The monoisotopic (exact) mass is 374 g/mol. The molecule has 0 spiro atoms. The lowest BCUT2D eigenvalue weighted by molar-refractivity contribution is -0.163. The molecule has 0 aliphatic rings. The molecule has 0 aliphatic carbocycles. The number of benzene rings is 2. The minimum absolute atomic E-state index is 0.112. The Morgan fingerprint density at radius 2 is 1.60 bits per heavy atom. The Balaban J connectivity index is 2.47. The topological polar surface area (TPSA) is 55.8 Å². The summed E-state index contributed by atoms with van der Waals surface area (Å²) in [4.78, 5) is 11.6. The Labute approximate surface area is 146 Å². The van der Waals surface area contributed by atoms with Crippen LogP contribution in [-0.2, 0) is 21.3 Å². The molecular formula is C17H14ClF3O4. The van der Waals surface area contributed by atoms with E-state index in [0.717, 1.165) is 20.1 Å². The van der Waals surface area contributed by atoms with E-state index in [9.17, 15) is 23.1 Å². The predicted octanol–water partition coefficient (Wildman–Crippen LogP) is 4.53. The largest absolute Gasteiger partial charge is 0.467 e. The molecule has 0 aromatic heterocycles. The Morgan fingerprint density at radius 3 is 2.12 bits per heavy atom. The molecule has 0 fully saturated rings. The lowest BCUT2D eigenvalue weighted by Gasteiger charge is -2.25. The van der Waals surface area contributed by atoms with E-state index in [1.807, 2.05) is 0 Å². The smallest absolute Gasteiger partial charge is 0.416 e. The lowest BCUT2D eigenvalue weighted by atomic mass is 9.91. The molecule has 0 heterocycles. The average Bonchev–Trinajstić information content (AvgIpc) is 2.55. The predicted molar refractivity (Wildman–Crippen MR) is 84.6 cm³/mol. The number of esters is 1. The molecule has 0 amide bonds. The number of carbonyl (C=O) groups excluding carboxylic acids is 1. The number of ether oxygens (including phenoxy) is 2. The summed E-state index contributed by atoms with van der Waals surface area (Å²) in [6, 6.07) is 8.95. The molecule has 0 saturated heterocycles. The second kappa shape index (κ2) is 6.93. The highest BCUT2D eigenvalue weighted by atomic mass is 35.5. The molecule has 0 bridgehead atoms. The summed E-state index contributed by atoms with van der Waals surface area (Å²) >= 11 is 5.74. The molecular weight excluding hydrogens is 361 g/mol. The molecule has 1 atom stereocenters. The molecule has 2 aromatic carbocycles. The van der Waals surface area contributed by atoms with Crippen molar-refractivity contribution in [2.24, 2.45) is 0 Å². The zero-order chi connectivity index (χ0) is 18.8. The molecule has 134 valence electrons. The number of halogens is 4. The maximum atomic E-state index is 13.4. The van der Waals surface area contributed by atoms with Gasteiger partial charge in [0.15, 0.2) is 5.60 Å². The van der Waals surface area contributed by atoms with Gasteiger partial charge >= 0.3 is 12.1 Å². The van der Waals surface area contributed by atoms with Crippen molar-refractivity contribution in [2.45, 2.75) is 18.7 Å². The third-order valence-electron chi connectivity index (χ3n) is 3.45. The SMILES string of the molecule is COC(=O)C(C)(O)c1ccc(Oc2ccc(Cl)cc2)cc1C(F)(F)F. The van der Waals surface area contributed by atoms with Gasteiger partial charge in [-0.1, -0.05) is 17.7 Å². The number of alkyl halides is 3. The van der Waals surface area contributed by atoms with Gasteiger partial charge in [-0.2, -0.15) is 13.2 Å². The minimum atomic E-state index is -4.81. The molecule has 0 radical (unpaired) electrons. The van der Waals surface area contributed by atoms with Gasteiger partial charge in [0.2, 0.25) is 0 Å². The van der Waals surface area contributed by atoms with Gasteiger partial charge in [-0.05, 0) is 43.3 Å². The molecule has 25 heavy (non-hydrogen) atoms. The van der Waals surface area contributed by atoms with Crippen LogP contribution in [-0.4, -0.2) is 18.2 Å². The molecule has 2 aromatic rings. The fourth-order valence-corrected chi connectivity index (χ4v) is 2.32. The molecule has 1 N–H and O–H groups in total. The number of hydrogen-bond acceptors (Lipinski definition) is 4. The van der Waals surface area contributed by atoms with Gasteiger partial charge in [-0.15, -0.1) is 0 Å². The number of hydrogen-bond donors (Lipinski definition) is 1. The van der Waals surface area contributed by atoms with Crippen LogP contribution in [0.4, 0.5) is 13.2 Å². The van der Waals surface area contributed by atoms with Crippen LogP contribution in [0, 0.1) is 0 Å². The maximum absolute atomic E-state index is 13.4. The Kier molecular flexibility index (Phi) is 5.29. The number of rotatable bonds is 4. The molecule has 8 heteroatoms. The summed E-state index contributed by atoms with van der Waals surface area (Å²) in [7, 11) is 0.974. The number of methoxy groups -OCH3 is 1. The fourth-order valence-electron chi connectivity index (χ4n) is 2.19. The van der Waals surface area contributed by atoms with Crippen molar-refractivity contribution >= 4 is 17.6 Å². The fraction of sp³-hybridized carbons (Fsp3) is 0.235. The van der Waals surface area contributed by atoms with Crippen molar-refractivity contribution in [3.05, 3.63) is 58.6 Å². The van der Waals surface area contributed by atoms with E-state index < -0.39 is 28.9 Å². The summed E-state index contributed by atoms with van der Waals surface area (Å²) in [6.07, 6.45) is -4.81. The average molecular weight is 375 g/mol. The first-order valence-corrected chi connectivity index (χ1v) is 7.39. The second-order valence-corrected chi connectivity index (χ2v) is 5.76. The normalized spacial score (nSPS) is 13.9. The van der Waals surface area contributed by atoms with E-state index in [0.29, 0.717) is 11.1 Å². The van der Waals surface area contributed by atoms with Crippen molar-refractivity contribution in [3.63, 3.8) is 0 Å². The quantitative estimate of drug-likeness (QED) is 0.799. The molecule has 4 nitrogen and oxygen atoms in total. The van der Waals surface area contributed by atoms with Gasteiger partial charge in [-0.25, -0.2) is 4.79 Å². The number of carbonyl (C=O) groups is 1. The highest BCUT2D eigenvalue weighted by Gasteiger charge is 2.43. The van der Waals surface area contributed by atoms with Gasteiger partial charge in [0, 0.05) is 10.6 Å². The third kappa shape index (κ3) is 4.24. The zero-order valence-electron chi connectivity index (χ0n) is 13.2. The van der Waals surface area contributed by atoms with Gasteiger partial charge in [-0.3, -0.25) is 0 Å². The van der Waals surface area contributed by atoms with E-state index in [2.05, 4.69) is 4.74 Å². The van der Waals surface area contributed by atoms with Crippen molar-refractivity contribution in [1.29, 1.82) is 0 Å². The maximum Gasteiger partial charge on any atom is 0.416 e. The minimum Gasteiger partial charge on any atom is -0.467 e. The molecule has 2 rings (SSSR count). The highest BCUT2D eigenvalue weighted by Crippen LogP contribution is 2.40. The van der Waals surface area contributed by atoms with Crippen LogP contribution < -0.4 is 4.74 Å². The Bertz CT molecular complexity index is 770. The first-order valence-electron chi connectivity index (χ1n) is 7.01. The van der Waals surface area contributed by atoms with Gasteiger partial charge in [0.25, 0.3) is 0 Å². The van der Waals surface area contributed by atoms with Crippen LogP contribution in [0.2, 0.25) is 5.02 Å². The first-order chi connectivity index (χ1) is 11.6. The molecule has 1 unspecified atom stereocenters. The molecule has 0 saturated carbocycles. The van der Waals surface area contributed by atoms with Crippen LogP contribution in [0.5, 0.6) is 11.5 Å². The Morgan fingerprint density at radius 1 is 1.04 bits per heavy atom. The Hall–Kier alpha value is -2.25. The van der Waals surface area contributed by atoms with Crippen LogP contribution in [0.15, 0.2) is 42.5 Å². The first kappa shape index (κ1) is 19.1. The van der Waals surface area contributed by atoms with E-state index in [-0.39, 0.29) is 11.5 Å². The van der Waals surface area contributed by atoms with Crippen LogP contribution >= 0.6 is 11.6 Å².